The Labute approximate surface area is 164 Å². The van der Waals surface area contributed by atoms with Gasteiger partial charge < -0.3 is 9.47 Å². The summed E-state index contributed by atoms with van der Waals surface area (Å²) >= 11 is 0. The summed E-state index contributed by atoms with van der Waals surface area (Å²) in [5, 5.41) is 0. The Morgan fingerprint density at radius 2 is 1.39 bits per heavy atom. The molecular weight excluding hydrogens is 382 g/mol. The summed E-state index contributed by atoms with van der Waals surface area (Å²) < 4.78 is 38.0. The number of esters is 2. The molecule has 7 nitrogen and oxygen atoms in total. The molecule has 0 unspecified atom stereocenters. The number of benzene rings is 2. The van der Waals surface area contributed by atoms with Crippen LogP contribution in [0.25, 0.3) is 0 Å². The molecular formula is C20H23NO6S. The minimum absolute atomic E-state index is 0.0407. The van der Waals surface area contributed by atoms with E-state index in [0.717, 1.165) is 5.56 Å². The molecule has 0 aliphatic carbocycles. The zero-order valence-electron chi connectivity index (χ0n) is 16.1. The van der Waals surface area contributed by atoms with Crippen LogP contribution in [0.2, 0.25) is 0 Å². The third kappa shape index (κ3) is 4.96. The normalized spacial score (nSPS) is 12.5. The van der Waals surface area contributed by atoms with Crippen LogP contribution in [-0.2, 0) is 19.5 Å². The zero-order valence-corrected chi connectivity index (χ0v) is 16.9. The number of hydrogen-bond acceptors (Lipinski definition) is 6. The maximum absolute atomic E-state index is 13.0. The van der Waals surface area contributed by atoms with E-state index in [0.29, 0.717) is 0 Å². The molecule has 150 valence electrons. The molecule has 0 amide bonds. The summed E-state index contributed by atoms with van der Waals surface area (Å²) in [4.78, 5) is 23.6. The molecule has 28 heavy (non-hydrogen) atoms. The van der Waals surface area contributed by atoms with Gasteiger partial charge in [-0.1, -0.05) is 44.2 Å². The molecule has 0 aromatic heterocycles. The Balaban J connectivity index is 2.51. The Morgan fingerprint density at radius 1 is 0.893 bits per heavy atom. The fraction of sp³-hybridized carbons (Fsp3) is 0.300. The van der Waals surface area contributed by atoms with Crippen molar-refractivity contribution in [3.8, 4) is 0 Å². The third-order valence-corrected chi connectivity index (χ3v) is 5.59. The van der Waals surface area contributed by atoms with Gasteiger partial charge in [0.2, 0.25) is 10.0 Å². The van der Waals surface area contributed by atoms with E-state index in [2.05, 4.69) is 14.2 Å². The fourth-order valence-electron chi connectivity index (χ4n) is 2.71. The van der Waals surface area contributed by atoms with Crippen LogP contribution < -0.4 is 4.72 Å². The van der Waals surface area contributed by atoms with Crippen LogP contribution in [0.1, 0.15) is 46.2 Å². The van der Waals surface area contributed by atoms with Gasteiger partial charge in [0.15, 0.2) is 0 Å². The first-order valence-electron chi connectivity index (χ1n) is 8.58. The summed E-state index contributed by atoms with van der Waals surface area (Å²) in [6.07, 6.45) is 0. The molecule has 1 atom stereocenters. The third-order valence-electron chi connectivity index (χ3n) is 4.17. The van der Waals surface area contributed by atoms with Crippen molar-refractivity contribution < 1.29 is 27.5 Å². The van der Waals surface area contributed by atoms with Crippen molar-refractivity contribution in [2.45, 2.75) is 24.8 Å². The van der Waals surface area contributed by atoms with E-state index in [-0.39, 0.29) is 21.9 Å². The molecule has 0 aliphatic heterocycles. The summed E-state index contributed by atoms with van der Waals surface area (Å²) in [6, 6.07) is 12.2. The maximum Gasteiger partial charge on any atom is 0.337 e. The number of methoxy groups -OCH3 is 2. The van der Waals surface area contributed by atoms with Crippen LogP contribution >= 0.6 is 0 Å². The van der Waals surface area contributed by atoms with Gasteiger partial charge in [0.25, 0.3) is 0 Å². The molecule has 0 saturated carbocycles. The van der Waals surface area contributed by atoms with Gasteiger partial charge in [-0.2, -0.15) is 0 Å². The van der Waals surface area contributed by atoms with E-state index in [1.165, 1.54) is 32.4 Å². The van der Waals surface area contributed by atoms with Gasteiger partial charge in [-0.05, 0) is 29.7 Å². The second-order valence-corrected chi connectivity index (χ2v) is 8.20. The zero-order chi connectivity index (χ0) is 20.9. The first kappa shape index (κ1) is 21.6. The average Bonchev–Trinajstić information content (AvgIpc) is 2.70. The predicted molar refractivity (Wildman–Crippen MR) is 103 cm³/mol. The van der Waals surface area contributed by atoms with Gasteiger partial charge >= 0.3 is 11.9 Å². The molecule has 2 aromatic carbocycles. The summed E-state index contributed by atoms with van der Waals surface area (Å²) in [6.45, 7) is 3.79. The van der Waals surface area contributed by atoms with Crippen LogP contribution in [0.4, 0.5) is 0 Å². The number of nitrogens with one attached hydrogen (secondary N) is 1. The SMILES string of the molecule is COC(=O)c1cc(C(=O)OC)cc(S(=O)(=O)N[C@H](c2ccccc2)C(C)C)c1. The highest BCUT2D eigenvalue weighted by Gasteiger charge is 2.26. The summed E-state index contributed by atoms with van der Waals surface area (Å²) in [5.41, 5.74) is 0.677. The van der Waals surface area contributed by atoms with E-state index in [4.69, 9.17) is 0 Å². The van der Waals surface area contributed by atoms with Crippen molar-refractivity contribution in [1.29, 1.82) is 0 Å². The van der Waals surface area contributed by atoms with Gasteiger partial charge in [-0.3, -0.25) is 0 Å². The molecule has 2 aromatic rings. The van der Waals surface area contributed by atoms with E-state index in [1.54, 1.807) is 0 Å². The topological polar surface area (TPSA) is 98.8 Å². The van der Waals surface area contributed by atoms with Crippen molar-refractivity contribution in [2.75, 3.05) is 14.2 Å². The van der Waals surface area contributed by atoms with Gasteiger partial charge in [-0.15, -0.1) is 0 Å². The number of carbonyl (C=O) groups is 2. The molecule has 0 spiro atoms. The van der Waals surface area contributed by atoms with Gasteiger partial charge in [0.05, 0.1) is 30.2 Å². The van der Waals surface area contributed by atoms with Crippen molar-refractivity contribution in [3.63, 3.8) is 0 Å². The molecule has 8 heteroatoms. The molecule has 1 N–H and O–H groups in total. The monoisotopic (exact) mass is 405 g/mol. The van der Waals surface area contributed by atoms with E-state index in [1.807, 2.05) is 44.2 Å². The first-order valence-corrected chi connectivity index (χ1v) is 10.1. The van der Waals surface area contributed by atoms with Crippen LogP contribution in [0.5, 0.6) is 0 Å². The lowest BCUT2D eigenvalue weighted by Gasteiger charge is -2.23. The fourth-order valence-corrected chi connectivity index (χ4v) is 4.15. The minimum atomic E-state index is -4.05. The van der Waals surface area contributed by atoms with Crippen LogP contribution in [0, 0.1) is 5.92 Å². The number of ether oxygens (including phenoxy) is 2. The van der Waals surface area contributed by atoms with E-state index in [9.17, 15) is 18.0 Å². The maximum atomic E-state index is 13.0. The largest absolute Gasteiger partial charge is 0.465 e. The van der Waals surface area contributed by atoms with Crippen molar-refractivity contribution in [2.24, 2.45) is 5.92 Å². The van der Waals surface area contributed by atoms with Crippen molar-refractivity contribution >= 4 is 22.0 Å². The smallest absolute Gasteiger partial charge is 0.337 e. The quantitative estimate of drug-likeness (QED) is 0.711. The Kier molecular flexibility index (Phi) is 6.93. The molecule has 0 heterocycles. The molecule has 0 saturated heterocycles. The highest BCUT2D eigenvalue weighted by molar-refractivity contribution is 7.89. The van der Waals surface area contributed by atoms with Crippen LogP contribution in [-0.4, -0.2) is 34.6 Å². The van der Waals surface area contributed by atoms with Crippen molar-refractivity contribution in [3.05, 3.63) is 65.2 Å². The summed E-state index contributed by atoms with van der Waals surface area (Å²) in [7, 11) is -1.71. The molecule has 0 fully saturated rings. The van der Waals surface area contributed by atoms with Crippen LogP contribution in [0.3, 0.4) is 0 Å². The molecule has 0 bridgehead atoms. The Hall–Kier alpha value is -2.71. The summed E-state index contributed by atoms with van der Waals surface area (Å²) in [5.74, 6) is -1.56. The number of carbonyl (C=O) groups excluding carboxylic acids is 2. The van der Waals surface area contributed by atoms with Crippen molar-refractivity contribution in [1.82, 2.24) is 4.72 Å². The highest BCUT2D eigenvalue weighted by atomic mass is 32.2. The molecule has 0 radical (unpaired) electrons. The number of rotatable bonds is 7. The van der Waals surface area contributed by atoms with Gasteiger partial charge in [0.1, 0.15) is 0 Å². The Bertz CT molecular complexity index is 920. The second kappa shape index (κ2) is 8.99. The van der Waals surface area contributed by atoms with E-state index < -0.39 is 28.0 Å². The average molecular weight is 405 g/mol. The lowest BCUT2D eigenvalue weighted by atomic mass is 9.97. The standard InChI is InChI=1S/C20H23NO6S/c1-13(2)18(14-8-6-5-7-9-14)21-28(24,25)17-11-15(19(22)26-3)10-16(12-17)20(23)27-4/h5-13,18,21H,1-4H3/t18-/m0/s1. The second-order valence-electron chi connectivity index (χ2n) is 6.48. The lowest BCUT2D eigenvalue weighted by Crippen LogP contribution is -2.32. The number of hydrogen-bond donors (Lipinski definition) is 1. The van der Waals surface area contributed by atoms with E-state index >= 15 is 0 Å². The number of sulfonamides is 1. The lowest BCUT2D eigenvalue weighted by molar-refractivity contribution is 0.0598. The highest BCUT2D eigenvalue weighted by Crippen LogP contribution is 2.25. The van der Waals surface area contributed by atoms with Crippen LogP contribution in [0.15, 0.2) is 53.4 Å². The predicted octanol–water partition coefficient (Wildman–Crippen LogP) is 2.94. The minimum Gasteiger partial charge on any atom is -0.465 e. The molecule has 2 rings (SSSR count). The Morgan fingerprint density at radius 3 is 1.82 bits per heavy atom. The van der Waals surface area contributed by atoms with Gasteiger partial charge in [0, 0.05) is 6.04 Å². The molecule has 0 aliphatic rings. The first-order chi connectivity index (χ1) is 13.2. The van der Waals surface area contributed by atoms with Gasteiger partial charge in [-0.25, -0.2) is 22.7 Å².